The highest BCUT2D eigenvalue weighted by molar-refractivity contribution is 7.08. The van der Waals surface area contributed by atoms with E-state index in [1.165, 1.54) is 6.92 Å². The van der Waals surface area contributed by atoms with Crippen molar-refractivity contribution in [2.75, 3.05) is 36.8 Å². The lowest BCUT2D eigenvalue weighted by Gasteiger charge is -2.16. The molecule has 0 fully saturated rings. The van der Waals surface area contributed by atoms with Crippen LogP contribution in [0.15, 0.2) is 60.7 Å². The molecule has 0 saturated carbocycles. The molecular weight excluding hydrogens is 488 g/mol. The standard InChI is InChI=1S/C26H28N8O2S/c1-17-23(28-14-13-27-18(2)35)31-25(20-11-7-4-8-12-20)32-24(17)29-15-16-30-26(36)22-21(33-34-37-22)19-9-5-3-6-10-19/h3-12H,13-16H2,1-2H3,(H,27,35)(H,30,36)(H2,28,29,31,32). The molecule has 4 aromatic rings. The fraction of sp³-hybridized carbons (Fsp3) is 0.231. The normalized spacial score (nSPS) is 10.5. The second kappa shape index (κ2) is 12.5. The molecule has 0 spiro atoms. The van der Waals surface area contributed by atoms with Gasteiger partial charge in [-0.3, -0.25) is 9.59 Å². The van der Waals surface area contributed by atoms with Crippen molar-refractivity contribution in [2.45, 2.75) is 13.8 Å². The zero-order valence-electron chi connectivity index (χ0n) is 20.6. The second-order valence-electron chi connectivity index (χ2n) is 8.14. The summed E-state index contributed by atoms with van der Waals surface area (Å²) in [6.07, 6.45) is 0. The Kier molecular flexibility index (Phi) is 8.71. The molecule has 0 unspecified atom stereocenters. The second-order valence-corrected chi connectivity index (χ2v) is 8.90. The summed E-state index contributed by atoms with van der Waals surface area (Å²) in [5.41, 5.74) is 3.15. The molecule has 4 rings (SSSR count). The SMILES string of the molecule is CC(=O)NCCNc1nc(-c2ccccc2)nc(NCCNC(=O)c2snnc2-c2ccccc2)c1C. The molecule has 11 heteroatoms. The van der Waals surface area contributed by atoms with Crippen molar-refractivity contribution in [1.29, 1.82) is 0 Å². The van der Waals surface area contributed by atoms with E-state index in [9.17, 15) is 9.59 Å². The van der Waals surface area contributed by atoms with Crippen molar-refractivity contribution < 1.29 is 9.59 Å². The average molecular weight is 517 g/mol. The maximum Gasteiger partial charge on any atom is 0.265 e. The fourth-order valence-electron chi connectivity index (χ4n) is 3.56. The lowest BCUT2D eigenvalue weighted by molar-refractivity contribution is -0.118. The summed E-state index contributed by atoms with van der Waals surface area (Å²) in [6, 6.07) is 19.2. The molecule has 0 bridgehead atoms. The molecule has 0 atom stereocenters. The van der Waals surface area contributed by atoms with Crippen molar-refractivity contribution in [2.24, 2.45) is 0 Å². The molecule has 0 aliphatic rings. The van der Waals surface area contributed by atoms with Gasteiger partial charge in [-0.25, -0.2) is 9.97 Å². The quantitative estimate of drug-likeness (QED) is 0.223. The molecule has 4 N–H and O–H groups in total. The number of nitrogens with zero attached hydrogens (tertiary/aromatic N) is 4. The number of nitrogens with one attached hydrogen (secondary N) is 4. The Labute approximate surface area is 219 Å². The van der Waals surface area contributed by atoms with Crippen molar-refractivity contribution in [3.05, 3.63) is 71.1 Å². The summed E-state index contributed by atoms with van der Waals surface area (Å²) >= 11 is 1.07. The van der Waals surface area contributed by atoms with Crippen LogP contribution in [0.2, 0.25) is 0 Å². The minimum atomic E-state index is -0.222. The zero-order chi connectivity index (χ0) is 26.0. The number of aromatic nitrogens is 4. The maximum absolute atomic E-state index is 12.8. The fourth-order valence-corrected chi connectivity index (χ4v) is 4.16. The Morgan fingerprint density at radius 2 is 1.35 bits per heavy atom. The summed E-state index contributed by atoms with van der Waals surface area (Å²) in [5.74, 6) is 1.60. The Morgan fingerprint density at radius 1 is 0.784 bits per heavy atom. The first-order chi connectivity index (χ1) is 18.0. The molecule has 2 aromatic carbocycles. The minimum absolute atomic E-state index is 0.0828. The number of amides is 2. The molecule has 0 saturated heterocycles. The van der Waals surface area contributed by atoms with Gasteiger partial charge >= 0.3 is 0 Å². The summed E-state index contributed by atoms with van der Waals surface area (Å²) < 4.78 is 3.96. The predicted molar refractivity (Wildman–Crippen MR) is 146 cm³/mol. The van der Waals surface area contributed by atoms with Crippen molar-refractivity contribution in [3.63, 3.8) is 0 Å². The molecule has 10 nitrogen and oxygen atoms in total. The van der Waals surface area contributed by atoms with Gasteiger partial charge in [-0.2, -0.15) is 0 Å². The highest BCUT2D eigenvalue weighted by Crippen LogP contribution is 2.25. The van der Waals surface area contributed by atoms with Gasteiger partial charge in [0.1, 0.15) is 22.2 Å². The molecule has 2 heterocycles. The highest BCUT2D eigenvalue weighted by Gasteiger charge is 2.17. The first kappa shape index (κ1) is 25.7. The van der Waals surface area contributed by atoms with E-state index in [0.717, 1.165) is 28.2 Å². The molecule has 190 valence electrons. The van der Waals surface area contributed by atoms with Crippen molar-refractivity contribution in [1.82, 2.24) is 30.2 Å². The molecular formula is C26H28N8O2S. The van der Waals surface area contributed by atoms with Gasteiger partial charge < -0.3 is 21.3 Å². The van der Waals surface area contributed by atoms with Gasteiger partial charge in [0.25, 0.3) is 5.91 Å². The number of hydrogen-bond donors (Lipinski definition) is 4. The Morgan fingerprint density at radius 3 is 1.95 bits per heavy atom. The van der Waals surface area contributed by atoms with Gasteiger partial charge in [0.15, 0.2) is 5.82 Å². The van der Waals surface area contributed by atoms with Gasteiger partial charge in [-0.05, 0) is 18.5 Å². The molecule has 0 radical (unpaired) electrons. The van der Waals surface area contributed by atoms with Crippen LogP contribution in [0.25, 0.3) is 22.6 Å². The summed E-state index contributed by atoms with van der Waals surface area (Å²) in [5, 5.41) is 16.4. The van der Waals surface area contributed by atoms with Crippen LogP contribution in [0.4, 0.5) is 11.6 Å². The monoisotopic (exact) mass is 516 g/mol. The Bertz CT molecular complexity index is 1350. The Hall–Kier alpha value is -4.38. The average Bonchev–Trinajstić information content (AvgIpc) is 3.41. The van der Waals surface area contributed by atoms with Crippen molar-refractivity contribution >= 4 is 35.0 Å². The van der Waals surface area contributed by atoms with Crippen LogP contribution < -0.4 is 21.3 Å². The van der Waals surface area contributed by atoms with E-state index >= 15 is 0 Å². The number of carbonyl (C=O) groups is 2. The molecule has 0 aliphatic heterocycles. The number of benzene rings is 2. The van der Waals surface area contributed by atoms with Crippen LogP contribution in [-0.4, -0.2) is 57.5 Å². The van der Waals surface area contributed by atoms with Crippen LogP contribution in [-0.2, 0) is 4.79 Å². The first-order valence-electron chi connectivity index (χ1n) is 11.8. The number of hydrogen-bond acceptors (Lipinski definition) is 9. The summed E-state index contributed by atoms with van der Waals surface area (Å²) in [6.45, 7) is 5.24. The van der Waals surface area contributed by atoms with E-state index in [-0.39, 0.29) is 11.8 Å². The van der Waals surface area contributed by atoms with E-state index in [2.05, 4.69) is 30.9 Å². The van der Waals surface area contributed by atoms with Gasteiger partial charge in [0, 0.05) is 49.8 Å². The lowest BCUT2D eigenvalue weighted by atomic mass is 10.1. The Balaban J connectivity index is 1.42. The lowest BCUT2D eigenvalue weighted by Crippen LogP contribution is -2.29. The zero-order valence-corrected chi connectivity index (χ0v) is 21.4. The van der Waals surface area contributed by atoms with Crippen LogP contribution in [0.1, 0.15) is 22.2 Å². The van der Waals surface area contributed by atoms with Crippen LogP contribution >= 0.6 is 11.5 Å². The van der Waals surface area contributed by atoms with E-state index < -0.39 is 0 Å². The van der Waals surface area contributed by atoms with E-state index in [1.807, 2.05) is 67.6 Å². The minimum Gasteiger partial charge on any atom is -0.368 e. The van der Waals surface area contributed by atoms with E-state index in [1.54, 1.807) is 0 Å². The summed E-state index contributed by atoms with van der Waals surface area (Å²) in [7, 11) is 0. The molecule has 0 aliphatic carbocycles. The smallest absolute Gasteiger partial charge is 0.265 e. The van der Waals surface area contributed by atoms with Crippen LogP contribution in [0.3, 0.4) is 0 Å². The number of rotatable bonds is 11. The van der Waals surface area contributed by atoms with Gasteiger partial charge in [-0.15, -0.1) is 5.10 Å². The van der Waals surface area contributed by atoms with E-state index in [0.29, 0.717) is 54.2 Å². The molecule has 2 amide bonds. The third kappa shape index (κ3) is 6.85. The number of carbonyl (C=O) groups excluding carboxylic acids is 2. The van der Waals surface area contributed by atoms with Gasteiger partial charge in [-0.1, -0.05) is 65.2 Å². The maximum atomic E-state index is 12.8. The molecule has 2 aromatic heterocycles. The highest BCUT2D eigenvalue weighted by atomic mass is 32.1. The third-order valence-electron chi connectivity index (χ3n) is 5.41. The predicted octanol–water partition coefficient (Wildman–Crippen LogP) is 3.36. The number of anilines is 2. The molecule has 37 heavy (non-hydrogen) atoms. The topological polar surface area (TPSA) is 134 Å². The largest absolute Gasteiger partial charge is 0.368 e. The van der Waals surface area contributed by atoms with Gasteiger partial charge in [0.05, 0.1) is 0 Å². The summed E-state index contributed by atoms with van der Waals surface area (Å²) in [4.78, 5) is 33.8. The first-order valence-corrected chi connectivity index (χ1v) is 12.6. The van der Waals surface area contributed by atoms with Crippen LogP contribution in [0, 0.1) is 6.92 Å². The van der Waals surface area contributed by atoms with Gasteiger partial charge in [0.2, 0.25) is 5.91 Å². The van der Waals surface area contributed by atoms with Crippen molar-refractivity contribution in [3.8, 4) is 22.6 Å². The van der Waals surface area contributed by atoms with E-state index in [4.69, 9.17) is 9.97 Å². The third-order valence-corrected chi connectivity index (χ3v) is 6.14. The van der Waals surface area contributed by atoms with Crippen LogP contribution in [0.5, 0.6) is 0 Å².